The average molecular weight is 357 g/mol. The van der Waals surface area contributed by atoms with Crippen molar-refractivity contribution in [2.75, 3.05) is 11.9 Å². The fraction of sp³-hybridized carbons (Fsp3) is 0.111. The summed E-state index contributed by atoms with van der Waals surface area (Å²) in [6.07, 6.45) is 0. The maximum absolute atomic E-state index is 12.9. The monoisotopic (exact) mass is 356 g/mol. The van der Waals surface area contributed by atoms with Gasteiger partial charge in [0.2, 0.25) is 0 Å². The molecule has 3 aromatic rings. The Labute approximate surface area is 148 Å². The highest BCUT2D eigenvalue weighted by Crippen LogP contribution is 2.42. The lowest BCUT2D eigenvalue weighted by Crippen LogP contribution is -2.27. The highest BCUT2D eigenvalue weighted by atomic mass is 35.5. The number of halogens is 1. The van der Waals surface area contributed by atoms with Crippen molar-refractivity contribution in [3.63, 3.8) is 0 Å². The number of hydrogen-bond acceptors (Lipinski definition) is 4. The molecule has 1 aliphatic heterocycles. The van der Waals surface area contributed by atoms with Gasteiger partial charge in [0.15, 0.2) is 11.5 Å². The summed E-state index contributed by atoms with van der Waals surface area (Å²) >= 11 is 7.70. The molecule has 2 aromatic carbocycles. The zero-order chi connectivity index (χ0) is 16.7. The van der Waals surface area contributed by atoms with Crippen molar-refractivity contribution >= 4 is 35.0 Å². The molecule has 0 aliphatic carbocycles. The van der Waals surface area contributed by atoms with E-state index in [1.54, 1.807) is 30.9 Å². The van der Waals surface area contributed by atoms with Crippen LogP contribution in [0.4, 0.5) is 5.69 Å². The minimum atomic E-state index is -0.206. The fourth-order valence-corrected chi connectivity index (χ4v) is 3.96. The lowest BCUT2D eigenvalue weighted by Gasteiger charge is -2.18. The van der Waals surface area contributed by atoms with E-state index in [1.165, 1.54) is 4.90 Å². The zero-order valence-corrected chi connectivity index (χ0v) is 14.4. The number of hydrogen-bond donors (Lipinski definition) is 0. The van der Waals surface area contributed by atoms with Gasteiger partial charge in [0.25, 0.3) is 5.91 Å². The first-order valence-corrected chi connectivity index (χ1v) is 8.76. The van der Waals surface area contributed by atoms with Crippen LogP contribution in [-0.4, -0.2) is 18.1 Å². The number of fused-ring (bicyclic) bond motifs is 3. The summed E-state index contributed by atoms with van der Waals surface area (Å²) in [5.74, 6) is 1.15. The van der Waals surface area contributed by atoms with E-state index in [-0.39, 0.29) is 5.91 Å². The number of benzene rings is 2. The van der Waals surface area contributed by atoms with Crippen LogP contribution >= 0.6 is 23.4 Å². The van der Waals surface area contributed by atoms with E-state index < -0.39 is 0 Å². The highest BCUT2D eigenvalue weighted by Gasteiger charge is 2.29. The first-order valence-electron chi connectivity index (χ1n) is 7.39. The molecule has 1 aliphatic rings. The minimum Gasteiger partial charge on any atom is -0.355 e. The molecular weight excluding hydrogens is 344 g/mol. The molecule has 0 N–H and O–H groups in total. The third-order valence-electron chi connectivity index (χ3n) is 3.99. The molecule has 0 radical (unpaired) electrons. The molecule has 1 aromatic heterocycles. The quantitative estimate of drug-likeness (QED) is 0.656. The molecular formula is C18H13ClN2O2S. The van der Waals surface area contributed by atoms with Crippen molar-refractivity contribution in [1.82, 2.24) is 5.16 Å². The molecule has 6 heteroatoms. The van der Waals surface area contributed by atoms with Crippen LogP contribution in [0.15, 0.2) is 57.9 Å². The predicted octanol–water partition coefficient (Wildman–Crippen LogP) is 4.88. The van der Waals surface area contributed by atoms with Gasteiger partial charge < -0.3 is 9.42 Å². The summed E-state index contributed by atoms with van der Waals surface area (Å²) < 4.78 is 5.51. The van der Waals surface area contributed by atoms with Crippen LogP contribution in [0, 0.1) is 0 Å². The van der Waals surface area contributed by atoms with E-state index in [9.17, 15) is 4.79 Å². The number of carbonyl (C=O) groups excluding carboxylic acids is 1. The van der Waals surface area contributed by atoms with Crippen LogP contribution < -0.4 is 4.90 Å². The summed E-state index contributed by atoms with van der Waals surface area (Å²) in [7, 11) is 1.71. The Bertz CT molecular complexity index is 938. The molecule has 0 spiro atoms. The minimum absolute atomic E-state index is 0.206. The van der Waals surface area contributed by atoms with E-state index in [1.807, 2.05) is 36.4 Å². The largest absolute Gasteiger partial charge is 0.355 e. The van der Waals surface area contributed by atoms with Crippen LogP contribution in [0.3, 0.4) is 0 Å². The van der Waals surface area contributed by atoms with Crippen molar-refractivity contribution in [2.45, 2.75) is 10.6 Å². The smallest absolute Gasteiger partial charge is 0.280 e. The van der Waals surface area contributed by atoms with Crippen LogP contribution in [0.1, 0.15) is 16.1 Å². The summed E-state index contributed by atoms with van der Waals surface area (Å²) in [5.41, 5.74) is 2.90. The topological polar surface area (TPSA) is 46.3 Å². The molecule has 2 heterocycles. The van der Waals surface area contributed by atoms with Crippen LogP contribution in [-0.2, 0) is 5.75 Å². The summed E-state index contributed by atoms with van der Waals surface area (Å²) in [6.45, 7) is 0. The van der Waals surface area contributed by atoms with Gasteiger partial charge in [-0.15, -0.1) is 11.8 Å². The van der Waals surface area contributed by atoms with Gasteiger partial charge in [-0.1, -0.05) is 35.0 Å². The number of nitrogens with zero attached hydrogens (tertiary/aromatic N) is 2. The Kier molecular flexibility index (Phi) is 3.82. The Morgan fingerprint density at radius 2 is 2.08 bits per heavy atom. The van der Waals surface area contributed by atoms with Gasteiger partial charge in [0.05, 0.1) is 0 Å². The first kappa shape index (κ1) is 15.3. The Morgan fingerprint density at radius 1 is 1.25 bits per heavy atom. The van der Waals surface area contributed by atoms with Gasteiger partial charge in [-0.2, -0.15) is 0 Å². The van der Waals surface area contributed by atoms with Gasteiger partial charge >= 0.3 is 0 Å². The Balaban J connectivity index is 1.72. The van der Waals surface area contributed by atoms with E-state index >= 15 is 0 Å². The third kappa shape index (κ3) is 2.50. The van der Waals surface area contributed by atoms with Crippen LogP contribution in [0.5, 0.6) is 0 Å². The van der Waals surface area contributed by atoms with E-state index in [2.05, 4.69) is 5.16 Å². The second kappa shape index (κ2) is 6.00. The molecule has 0 fully saturated rings. The van der Waals surface area contributed by atoms with Crippen molar-refractivity contribution in [2.24, 2.45) is 0 Å². The molecule has 120 valence electrons. The number of carbonyl (C=O) groups is 1. The molecule has 24 heavy (non-hydrogen) atoms. The standard InChI is InChI=1S/C18H13ClN2O2S/c1-21(12-6-4-5-11(19)9-12)18(22)16-14-10-24-15-8-3-2-7-13(15)17(14)23-20-16/h2-9H,10H2,1H3. The number of amides is 1. The maximum Gasteiger partial charge on any atom is 0.280 e. The van der Waals surface area contributed by atoms with Gasteiger partial charge in [-0.05, 0) is 30.3 Å². The lowest BCUT2D eigenvalue weighted by molar-refractivity contribution is 0.0984. The summed E-state index contributed by atoms with van der Waals surface area (Å²) in [6, 6.07) is 15.1. The zero-order valence-electron chi connectivity index (χ0n) is 12.8. The number of anilines is 1. The molecule has 4 nitrogen and oxygen atoms in total. The number of aromatic nitrogens is 1. The fourth-order valence-electron chi connectivity index (χ4n) is 2.71. The second-order valence-corrected chi connectivity index (χ2v) is 6.92. The summed E-state index contributed by atoms with van der Waals surface area (Å²) in [4.78, 5) is 15.5. The van der Waals surface area contributed by atoms with Crippen LogP contribution in [0.2, 0.25) is 5.02 Å². The highest BCUT2D eigenvalue weighted by molar-refractivity contribution is 7.98. The third-order valence-corrected chi connectivity index (χ3v) is 5.33. The van der Waals surface area contributed by atoms with E-state index in [4.69, 9.17) is 16.1 Å². The Hall–Kier alpha value is -2.24. The van der Waals surface area contributed by atoms with Crippen molar-refractivity contribution in [3.8, 4) is 11.3 Å². The Morgan fingerprint density at radius 3 is 2.92 bits per heavy atom. The average Bonchev–Trinajstić information content (AvgIpc) is 3.05. The second-order valence-electron chi connectivity index (χ2n) is 5.47. The van der Waals surface area contributed by atoms with E-state index in [0.29, 0.717) is 27.9 Å². The molecule has 0 atom stereocenters. The van der Waals surface area contributed by atoms with E-state index in [0.717, 1.165) is 16.0 Å². The molecule has 4 rings (SSSR count). The van der Waals surface area contributed by atoms with Gasteiger partial charge in [-0.3, -0.25) is 4.79 Å². The molecule has 1 amide bonds. The van der Waals surface area contributed by atoms with Gasteiger partial charge in [-0.25, -0.2) is 0 Å². The number of rotatable bonds is 2. The molecule has 0 saturated carbocycles. The normalized spacial score (nSPS) is 12.4. The van der Waals surface area contributed by atoms with Crippen molar-refractivity contribution < 1.29 is 9.32 Å². The van der Waals surface area contributed by atoms with Gasteiger partial charge in [0.1, 0.15) is 0 Å². The van der Waals surface area contributed by atoms with Crippen LogP contribution in [0.25, 0.3) is 11.3 Å². The SMILES string of the molecule is CN(C(=O)c1noc2c1CSc1ccccc1-2)c1cccc(Cl)c1. The number of thioether (sulfide) groups is 1. The lowest BCUT2D eigenvalue weighted by atomic mass is 10.1. The summed E-state index contributed by atoms with van der Waals surface area (Å²) in [5, 5.41) is 4.64. The molecule has 0 bridgehead atoms. The van der Waals surface area contributed by atoms with Gasteiger partial charge in [0, 0.05) is 39.5 Å². The molecule has 0 saturated heterocycles. The van der Waals surface area contributed by atoms with Crippen molar-refractivity contribution in [3.05, 3.63) is 64.8 Å². The van der Waals surface area contributed by atoms with Crippen molar-refractivity contribution in [1.29, 1.82) is 0 Å². The first-order chi connectivity index (χ1) is 11.6. The predicted molar refractivity (Wildman–Crippen MR) is 95.7 cm³/mol. The molecule has 0 unspecified atom stereocenters. The maximum atomic E-state index is 12.9.